The minimum Gasteiger partial charge on any atom is -0.504 e. The number of para-hydroxylation sites is 1. The molecule has 2 amide bonds. The predicted molar refractivity (Wildman–Crippen MR) is 94.5 cm³/mol. The summed E-state index contributed by atoms with van der Waals surface area (Å²) in [6, 6.07) is 10.3. The fraction of sp³-hybridized carbons (Fsp3) is 0. The number of hydrogen-bond donors (Lipinski definition) is 3. The van der Waals surface area contributed by atoms with Gasteiger partial charge in [-0.05, 0) is 18.2 Å². The standard InChI is InChI=1S/C15H10Cl2N4O3S/c16-11-6-9(13(17)25-11)14(23)18-19-15(24)12-10(22)7-21(20-12)8-4-2-1-3-5-8/h1-7,22H,(H,18,23)(H,19,24). The third kappa shape index (κ3) is 3.76. The van der Waals surface area contributed by atoms with Crippen LogP contribution in [0.2, 0.25) is 8.67 Å². The quantitative estimate of drug-likeness (QED) is 0.592. The molecule has 7 nitrogen and oxygen atoms in total. The van der Waals surface area contributed by atoms with Crippen molar-refractivity contribution in [3.05, 3.63) is 62.5 Å². The highest BCUT2D eigenvalue weighted by molar-refractivity contribution is 7.20. The Hall–Kier alpha value is -2.55. The van der Waals surface area contributed by atoms with Gasteiger partial charge >= 0.3 is 0 Å². The Morgan fingerprint density at radius 1 is 1.12 bits per heavy atom. The van der Waals surface area contributed by atoms with Crippen LogP contribution in [0.15, 0.2) is 42.6 Å². The van der Waals surface area contributed by atoms with Crippen LogP contribution in [0.1, 0.15) is 20.8 Å². The summed E-state index contributed by atoms with van der Waals surface area (Å²) >= 11 is 12.7. The summed E-state index contributed by atoms with van der Waals surface area (Å²) in [6.45, 7) is 0. The maximum absolute atomic E-state index is 12.1. The summed E-state index contributed by atoms with van der Waals surface area (Å²) in [4.78, 5) is 24.1. The van der Waals surface area contributed by atoms with E-state index in [1.165, 1.54) is 16.9 Å². The number of halogens is 2. The molecule has 3 rings (SSSR count). The maximum Gasteiger partial charge on any atom is 0.294 e. The summed E-state index contributed by atoms with van der Waals surface area (Å²) in [5, 5.41) is 13.9. The summed E-state index contributed by atoms with van der Waals surface area (Å²) < 4.78 is 1.90. The van der Waals surface area contributed by atoms with Crippen molar-refractivity contribution in [3.63, 3.8) is 0 Å². The summed E-state index contributed by atoms with van der Waals surface area (Å²) in [5.74, 6) is -1.74. The van der Waals surface area contributed by atoms with Gasteiger partial charge in [0.25, 0.3) is 11.8 Å². The molecule has 2 aromatic heterocycles. The monoisotopic (exact) mass is 396 g/mol. The van der Waals surface area contributed by atoms with Gasteiger partial charge in [-0.25, -0.2) is 4.68 Å². The zero-order chi connectivity index (χ0) is 18.0. The third-order valence-corrected chi connectivity index (χ3v) is 4.61. The molecule has 0 saturated heterocycles. The van der Waals surface area contributed by atoms with Gasteiger partial charge in [0.2, 0.25) is 0 Å². The van der Waals surface area contributed by atoms with Crippen LogP contribution < -0.4 is 10.9 Å². The molecule has 0 aliphatic heterocycles. The lowest BCUT2D eigenvalue weighted by atomic mass is 10.3. The van der Waals surface area contributed by atoms with Crippen molar-refractivity contribution in [3.8, 4) is 11.4 Å². The normalized spacial score (nSPS) is 10.5. The topological polar surface area (TPSA) is 96.3 Å². The van der Waals surface area contributed by atoms with Gasteiger partial charge in [0.05, 0.1) is 21.8 Å². The summed E-state index contributed by atoms with van der Waals surface area (Å²) in [6.07, 6.45) is 1.29. The van der Waals surface area contributed by atoms with Crippen LogP contribution in [0.3, 0.4) is 0 Å². The number of amides is 2. The lowest BCUT2D eigenvalue weighted by Crippen LogP contribution is -2.41. The molecular weight excluding hydrogens is 387 g/mol. The summed E-state index contributed by atoms with van der Waals surface area (Å²) in [5.41, 5.74) is 4.93. The maximum atomic E-state index is 12.1. The van der Waals surface area contributed by atoms with Gasteiger partial charge in [-0.15, -0.1) is 11.3 Å². The fourth-order valence-corrected chi connectivity index (χ4v) is 3.43. The SMILES string of the molecule is O=C(NNC(=O)c1nn(-c2ccccc2)cc1O)c1cc(Cl)sc1Cl. The highest BCUT2D eigenvalue weighted by atomic mass is 35.5. The van der Waals surface area contributed by atoms with Gasteiger partial charge < -0.3 is 5.11 Å². The first kappa shape index (κ1) is 17.3. The highest BCUT2D eigenvalue weighted by Gasteiger charge is 2.19. The van der Waals surface area contributed by atoms with Gasteiger partial charge in [-0.1, -0.05) is 41.4 Å². The first-order valence-electron chi connectivity index (χ1n) is 6.85. The average Bonchev–Trinajstić information content (AvgIpc) is 3.15. The molecule has 128 valence electrons. The van der Waals surface area contributed by atoms with Gasteiger partial charge in [-0.3, -0.25) is 20.4 Å². The number of nitrogens with one attached hydrogen (secondary N) is 2. The molecule has 25 heavy (non-hydrogen) atoms. The van der Waals surface area contributed by atoms with Gasteiger partial charge in [0, 0.05) is 0 Å². The molecule has 3 N–H and O–H groups in total. The molecule has 3 aromatic rings. The Kier molecular flexibility index (Phi) is 4.93. The Labute approximate surface area is 155 Å². The van der Waals surface area contributed by atoms with Crippen molar-refractivity contribution < 1.29 is 14.7 Å². The van der Waals surface area contributed by atoms with Gasteiger partial charge in [-0.2, -0.15) is 5.10 Å². The zero-order valence-corrected chi connectivity index (χ0v) is 14.7. The van der Waals surface area contributed by atoms with Crippen LogP contribution in [0.25, 0.3) is 5.69 Å². The predicted octanol–water partition coefficient (Wildman–Crippen LogP) is 3.02. The lowest BCUT2D eigenvalue weighted by molar-refractivity contribution is 0.0842. The van der Waals surface area contributed by atoms with Crippen LogP contribution in [0.5, 0.6) is 5.75 Å². The average molecular weight is 397 g/mol. The molecule has 2 heterocycles. The van der Waals surface area contributed by atoms with E-state index in [9.17, 15) is 14.7 Å². The van der Waals surface area contributed by atoms with Crippen molar-refractivity contribution in [1.82, 2.24) is 20.6 Å². The van der Waals surface area contributed by atoms with E-state index in [2.05, 4.69) is 16.0 Å². The Morgan fingerprint density at radius 2 is 1.80 bits per heavy atom. The number of thiophene rings is 1. The third-order valence-electron chi connectivity index (χ3n) is 3.12. The number of rotatable bonds is 3. The van der Waals surface area contributed by atoms with Crippen LogP contribution in [-0.2, 0) is 0 Å². The number of carbonyl (C=O) groups excluding carboxylic acids is 2. The largest absolute Gasteiger partial charge is 0.504 e. The zero-order valence-electron chi connectivity index (χ0n) is 12.4. The van der Waals surface area contributed by atoms with Gasteiger partial charge in [0.1, 0.15) is 4.34 Å². The van der Waals surface area contributed by atoms with E-state index < -0.39 is 11.8 Å². The fourth-order valence-electron chi connectivity index (χ4n) is 1.97. The number of carbonyl (C=O) groups is 2. The molecule has 0 atom stereocenters. The molecule has 0 aliphatic rings. The van der Waals surface area contributed by atoms with Crippen LogP contribution in [-0.4, -0.2) is 26.7 Å². The van der Waals surface area contributed by atoms with E-state index in [1.54, 1.807) is 24.3 Å². The number of hydrazine groups is 1. The van der Waals surface area contributed by atoms with E-state index in [0.29, 0.717) is 10.0 Å². The molecule has 0 bridgehead atoms. The van der Waals surface area contributed by atoms with Crippen molar-refractivity contribution >= 4 is 46.4 Å². The first-order chi connectivity index (χ1) is 12.0. The van der Waals surface area contributed by atoms with E-state index in [4.69, 9.17) is 23.2 Å². The molecule has 0 radical (unpaired) electrons. The minimum atomic E-state index is -0.780. The van der Waals surface area contributed by atoms with E-state index in [1.807, 2.05) is 6.07 Å². The Balaban J connectivity index is 1.71. The van der Waals surface area contributed by atoms with Crippen molar-refractivity contribution in [1.29, 1.82) is 0 Å². The Bertz CT molecular complexity index is 940. The first-order valence-corrected chi connectivity index (χ1v) is 8.42. The van der Waals surface area contributed by atoms with E-state index in [0.717, 1.165) is 11.3 Å². The number of aromatic nitrogens is 2. The molecule has 0 aliphatic carbocycles. The second kappa shape index (κ2) is 7.14. The second-order valence-electron chi connectivity index (χ2n) is 4.79. The molecule has 0 spiro atoms. The minimum absolute atomic E-state index is 0.135. The van der Waals surface area contributed by atoms with Crippen molar-refractivity contribution in [2.75, 3.05) is 0 Å². The number of nitrogens with zero attached hydrogens (tertiary/aromatic N) is 2. The van der Waals surface area contributed by atoms with Crippen LogP contribution in [0.4, 0.5) is 0 Å². The smallest absolute Gasteiger partial charge is 0.294 e. The van der Waals surface area contributed by atoms with E-state index >= 15 is 0 Å². The Morgan fingerprint density at radius 3 is 2.44 bits per heavy atom. The van der Waals surface area contributed by atoms with E-state index in [-0.39, 0.29) is 21.3 Å². The molecule has 1 aromatic carbocycles. The molecular formula is C15H10Cl2N4O3S. The number of benzene rings is 1. The summed E-state index contributed by atoms with van der Waals surface area (Å²) in [7, 11) is 0. The number of aromatic hydroxyl groups is 1. The van der Waals surface area contributed by atoms with Crippen molar-refractivity contribution in [2.45, 2.75) is 0 Å². The van der Waals surface area contributed by atoms with Crippen molar-refractivity contribution in [2.24, 2.45) is 0 Å². The molecule has 0 saturated carbocycles. The molecule has 10 heteroatoms. The van der Waals surface area contributed by atoms with Crippen LogP contribution in [0, 0.1) is 0 Å². The van der Waals surface area contributed by atoms with Gasteiger partial charge in [0.15, 0.2) is 11.4 Å². The number of hydrogen-bond acceptors (Lipinski definition) is 5. The van der Waals surface area contributed by atoms with Crippen LogP contribution >= 0.6 is 34.5 Å². The molecule has 0 fully saturated rings. The lowest BCUT2D eigenvalue weighted by Gasteiger charge is -2.05. The highest BCUT2D eigenvalue weighted by Crippen LogP contribution is 2.30. The second-order valence-corrected chi connectivity index (χ2v) is 7.07. The molecule has 0 unspecified atom stereocenters.